The summed E-state index contributed by atoms with van der Waals surface area (Å²) in [4.78, 5) is 26.8. The van der Waals surface area contributed by atoms with E-state index in [1.165, 1.54) is 12.1 Å². The maximum Gasteiger partial charge on any atom is 0.319 e. The Hall–Kier alpha value is -4.10. The summed E-state index contributed by atoms with van der Waals surface area (Å²) >= 11 is 8.01. The van der Waals surface area contributed by atoms with Gasteiger partial charge in [-0.3, -0.25) is 15.0 Å². The number of carbonyl (C=O) groups is 1. The lowest BCUT2D eigenvalue weighted by molar-refractivity contribution is -0.121. The van der Waals surface area contributed by atoms with Gasteiger partial charge in [-0.25, -0.2) is 13.2 Å². The number of amides is 1. The minimum Gasteiger partial charge on any atom is -0.489 e. The Morgan fingerprint density at radius 2 is 2.09 bits per heavy atom. The number of alkyl halides is 1. The number of aromatic nitrogens is 2. The standard InChI is InChI=1S/C37H36ClF3N8O3S/c38-26-24(20-4-5-22(40)32-23(20)21(12-42)33(43)53-32)27(41)29-25-31(26)51-14-19-10-18(44-35(50)30-28(45-30)16-2-3-16)6-9-49(19)34(25)47-36(46-29)52-15-37-7-1-8-48(37)13-17(39)11-37/h4-5,16-19,28,30,45H,1-3,6-11,13-15,43H2,(H,44,50)/t17-,18?,19?,28?,30-,37+/m1/s1. The summed E-state index contributed by atoms with van der Waals surface area (Å²) in [6.07, 6.45) is 4.55. The highest BCUT2D eigenvalue weighted by molar-refractivity contribution is 7.23. The zero-order valence-corrected chi connectivity index (χ0v) is 30.1. The van der Waals surface area contributed by atoms with Crippen molar-refractivity contribution in [2.75, 3.05) is 43.5 Å². The van der Waals surface area contributed by atoms with Crippen molar-refractivity contribution >= 4 is 60.7 Å². The molecule has 1 amide bonds. The first kappa shape index (κ1) is 33.5. The number of anilines is 2. The van der Waals surface area contributed by atoms with Crippen molar-refractivity contribution in [3.63, 3.8) is 0 Å². The van der Waals surface area contributed by atoms with Crippen LogP contribution in [0.5, 0.6) is 11.8 Å². The van der Waals surface area contributed by atoms with E-state index in [1.54, 1.807) is 0 Å². The Labute approximate surface area is 311 Å². The number of benzene rings is 2. The van der Waals surface area contributed by atoms with Gasteiger partial charge >= 0.3 is 6.01 Å². The highest BCUT2D eigenvalue weighted by Crippen LogP contribution is 2.52. The van der Waals surface area contributed by atoms with Crippen LogP contribution < -0.4 is 30.7 Å². The van der Waals surface area contributed by atoms with Crippen molar-refractivity contribution in [1.82, 2.24) is 25.5 Å². The Bertz CT molecular complexity index is 2270. The lowest BCUT2D eigenvalue weighted by Crippen LogP contribution is -2.52. The third-order valence-electron chi connectivity index (χ3n) is 12.2. The molecule has 0 spiro atoms. The van der Waals surface area contributed by atoms with Crippen LogP contribution in [0.25, 0.3) is 32.1 Å². The molecule has 7 heterocycles. The van der Waals surface area contributed by atoms with E-state index in [9.17, 15) is 14.4 Å². The number of hydrogen-bond acceptors (Lipinski definition) is 11. The Balaban J connectivity index is 1.07. The SMILES string of the molecule is N#Cc1c(N)sc2c(F)ccc(-c3c(Cl)c4c5c(nc(OC[C@@]67CCCN6C[C@H](F)C7)nc5c3F)N3CCC(NC(=O)[C@@H]5NC5C5CC5)CC3CO4)c12. The molecule has 10 rings (SSSR count). The van der Waals surface area contributed by atoms with Gasteiger partial charge in [0.05, 0.1) is 32.3 Å². The van der Waals surface area contributed by atoms with Crippen molar-refractivity contribution in [1.29, 1.82) is 5.26 Å². The van der Waals surface area contributed by atoms with Crippen LogP contribution in [0, 0.1) is 28.9 Å². The van der Waals surface area contributed by atoms with Crippen molar-refractivity contribution in [3.8, 4) is 29.0 Å². The van der Waals surface area contributed by atoms with Crippen LogP contribution >= 0.6 is 22.9 Å². The average molecular weight is 765 g/mol. The molecule has 4 N–H and O–H groups in total. The highest BCUT2D eigenvalue weighted by atomic mass is 35.5. The number of nitrogens with one attached hydrogen (secondary N) is 2. The minimum atomic E-state index is -0.960. The summed E-state index contributed by atoms with van der Waals surface area (Å²) in [6, 6.07) is 4.26. The molecular weight excluding hydrogens is 729 g/mol. The topological polar surface area (TPSA) is 152 Å². The van der Waals surface area contributed by atoms with Crippen LogP contribution in [0.3, 0.4) is 0 Å². The quantitative estimate of drug-likeness (QED) is 0.207. The maximum absolute atomic E-state index is 17.3. The third-order valence-corrected chi connectivity index (χ3v) is 13.5. The number of ether oxygens (including phenoxy) is 2. The van der Waals surface area contributed by atoms with E-state index in [1.807, 2.05) is 11.0 Å². The summed E-state index contributed by atoms with van der Waals surface area (Å²) in [5.41, 5.74) is 5.59. The second-order valence-electron chi connectivity index (χ2n) is 15.4. The second kappa shape index (κ2) is 12.2. The van der Waals surface area contributed by atoms with E-state index in [2.05, 4.69) is 20.5 Å². The van der Waals surface area contributed by atoms with Gasteiger partial charge < -0.3 is 25.4 Å². The zero-order valence-electron chi connectivity index (χ0n) is 28.6. The number of fused-ring (bicyclic) bond motifs is 4. The molecule has 0 radical (unpaired) electrons. The van der Waals surface area contributed by atoms with Crippen LogP contribution in [-0.2, 0) is 4.79 Å². The van der Waals surface area contributed by atoms with E-state index >= 15 is 8.78 Å². The van der Waals surface area contributed by atoms with Crippen molar-refractivity contribution < 1.29 is 27.4 Å². The first-order valence-electron chi connectivity index (χ1n) is 18.3. The van der Waals surface area contributed by atoms with Gasteiger partial charge in [0.15, 0.2) is 11.6 Å². The Morgan fingerprint density at radius 1 is 1.25 bits per heavy atom. The molecule has 11 nitrogen and oxygen atoms in total. The first-order valence-corrected chi connectivity index (χ1v) is 19.4. The minimum absolute atomic E-state index is 0.00669. The smallest absolute Gasteiger partial charge is 0.319 e. The number of halogens is 4. The van der Waals surface area contributed by atoms with E-state index < -0.39 is 23.3 Å². The second-order valence-corrected chi connectivity index (χ2v) is 16.8. The molecule has 16 heteroatoms. The number of nitrogens with zero attached hydrogens (tertiary/aromatic N) is 5. The molecule has 5 aliphatic heterocycles. The summed E-state index contributed by atoms with van der Waals surface area (Å²) < 4.78 is 59.9. The van der Waals surface area contributed by atoms with E-state index in [4.69, 9.17) is 31.8 Å². The van der Waals surface area contributed by atoms with E-state index in [0.29, 0.717) is 44.1 Å². The molecule has 4 saturated heterocycles. The fourth-order valence-electron chi connectivity index (χ4n) is 9.38. The highest BCUT2D eigenvalue weighted by Gasteiger charge is 2.52. The van der Waals surface area contributed by atoms with E-state index in [-0.39, 0.29) is 103 Å². The number of nitrogen functional groups attached to an aromatic ring is 1. The molecule has 0 bridgehead atoms. The Morgan fingerprint density at radius 3 is 2.91 bits per heavy atom. The lowest BCUT2D eigenvalue weighted by Gasteiger charge is -2.39. The number of hydrogen-bond donors (Lipinski definition) is 3. The molecule has 5 fully saturated rings. The summed E-state index contributed by atoms with van der Waals surface area (Å²) in [6.45, 7) is 1.89. The summed E-state index contributed by atoms with van der Waals surface area (Å²) in [7, 11) is 0. The molecule has 1 saturated carbocycles. The third kappa shape index (κ3) is 5.31. The predicted molar refractivity (Wildman–Crippen MR) is 194 cm³/mol. The van der Waals surface area contributed by atoms with Gasteiger partial charge in [-0.15, -0.1) is 11.3 Å². The number of rotatable bonds is 7. The number of carbonyl (C=O) groups excluding carboxylic acids is 1. The summed E-state index contributed by atoms with van der Waals surface area (Å²) in [5.74, 6) is -0.288. The molecule has 6 atom stereocenters. The van der Waals surface area contributed by atoms with Gasteiger partial charge in [-0.05, 0) is 62.6 Å². The Kier molecular flexibility index (Phi) is 7.71. The van der Waals surface area contributed by atoms with Crippen molar-refractivity contribution in [2.45, 2.75) is 80.8 Å². The van der Waals surface area contributed by atoms with Gasteiger partial charge in [0, 0.05) is 42.5 Å². The molecule has 2 aromatic carbocycles. The molecule has 1 aliphatic carbocycles. The molecule has 3 unspecified atom stereocenters. The van der Waals surface area contributed by atoms with E-state index in [0.717, 1.165) is 43.6 Å². The molecule has 276 valence electrons. The van der Waals surface area contributed by atoms with Gasteiger partial charge in [0.2, 0.25) is 5.91 Å². The number of nitriles is 1. The maximum atomic E-state index is 17.3. The molecule has 53 heavy (non-hydrogen) atoms. The molecule has 6 aliphatic rings. The van der Waals surface area contributed by atoms with Gasteiger partial charge in [0.1, 0.15) is 53.6 Å². The van der Waals surface area contributed by atoms with Crippen LogP contribution in [0.1, 0.15) is 50.5 Å². The van der Waals surface area contributed by atoms with Crippen LogP contribution in [-0.4, -0.2) is 89.5 Å². The molecular formula is C37H36ClF3N8O3S. The van der Waals surface area contributed by atoms with Gasteiger partial charge in [0.25, 0.3) is 0 Å². The monoisotopic (exact) mass is 764 g/mol. The fourth-order valence-corrected chi connectivity index (χ4v) is 10.7. The predicted octanol–water partition coefficient (Wildman–Crippen LogP) is 5.45. The van der Waals surface area contributed by atoms with Gasteiger partial charge in [-0.1, -0.05) is 17.7 Å². The van der Waals surface area contributed by atoms with Crippen LogP contribution in [0.15, 0.2) is 12.1 Å². The van der Waals surface area contributed by atoms with Crippen molar-refractivity contribution in [3.05, 3.63) is 34.4 Å². The summed E-state index contributed by atoms with van der Waals surface area (Å²) in [5, 5.41) is 17.0. The molecule has 2 aromatic heterocycles. The number of piperidine rings is 1. The fraction of sp³-hybridized carbons (Fsp3) is 0.514. The first-order chi connectivity index (χ1) is 25.6. The molecule has 4 aromatic rings. The largest absolute Gasteiger partial charge is 0.489 e. The van der Waals surface area contributed by atoms with Crippen molar-refractivity contribution in [2.24, 2.45) is 5.92 Å². The van der Waals surface area contributed by atoms with Gasteiger partial charge in [-0.2, -0.15) is 15.2 Å². The average Bonchev–Trinajstić information content (AvgIpc) is 4.04. The number of thiophene rings is 1. The normalized spacial score (nSPS) is 29.0. The zero-order chi connectivity index (χ0) is 36.3. The van der Waals surface area contributed by atoms with Crippen LogP contribution in [0.4, 0.5) is 24.0 Å². The lowest BCUT2D eigenvalue weighted by atomic mass is 9.95. The number of nitrogens with two attached hydrogens (primary N) is 1. The van der Waals surface area contributed by atoms with Crippen LogP contribution in [0.2, 0.25) is 5.02 Å².